The van der Waals surface area contributed by atoms with E-state index in [1.807, 2.05) is 0 Å². The number of pyridine rings is 1. The van der Waals surface area contributed by atoms with Gasteiger partial charge in [-0.15, -0.1) is 0 Å². The summed E-state index contributed by atoms with van der Waals surface area (Å²) in [6.07, 6.45) is -3.33. The molecule has 2 N–H and O–H groups in total. The molecule has 2 aliphatic carbocycles. The van der Waals surface area contributed by atoms with Crippen molar-refractivity contribution in [1.29, 1.82) is 0 Å². The van der Waals surface area contributed by atoms with Gasteiger partial charge in [0.05, 0.1) is 40.5 Å². The normalized spacial score (nSPS) is 19.9. The van der Waals surface area contributed by atoms with Gasteiger partial charge in [-0.2, -0.15) is 19.0 Å². The van der Waals surface area contributed by atoms with E-state index in [-0.39, 0.29) is 69.3 Å². The van der Waals surface area contributed by atoms with Crippen LogP contribution in [0.2, 0.25) is 5.02 Å². The maximum Gasteiger partial charge on any atom is 0.413 e. The number of nitrogens with zero attached hydrogens (tertiary/aromatic N) is 6. The molecule has 1 saturated carbocycles. The van der Waals surface area contributed by atoms with E-state index in [2.05, 4.69) is 32.1 Å². The van der Waals surface area contributed by atoms with Crippen molar-refractivity contribution < 1.29 is 53.8 Å². The summed E-state index contributed by atoms with van der Waals surface area (Å²) in [6, 6.07) is 6.60. The topological polar surface area (TPSA) is 163 Å². The van der Waals surface area contributed by atoms with Gasteiger partial charge in [0.2, 0.25) is 15.9 Å². The molecule has 8 rings (SSSR count). The lowest BCUT2D eigenvalue weighted by Crippen LogP contribution is -2.49. The summed E-state index contributed by atoms with van der Waals surface area (Å²) in [5, 5.41) is 11.1. The zero-order valence-electron chi connectivity index (χ0n) is 36.4. The molecule has 5 aromatic rings. The van der Waals surface area contributed by atoms with Gasteiger partial charge in [0.1, 0.15) is 52.6 Å². The van der Waals surface area contributed by atoms with Gasteiger partial charge in [-0.1, -0.05) is 23.6 Å². The van der Waals surface area contributed by atoms with Crippen molar-refractivity contribution in [2.75, 3.05) is 17.6 Å². The number of anilines is 1. The van der Waals surface area contributed by atoms with Gasteiger partial charge in [0.25, 0.3) is 12.3 Å². The second-order valence-electron chi connectivity index (χ2n) is 18.0. The van der Waals surface area contributed by atoms with Crippen molar-refractivity contribution in [2.45, 2.75) is 95.7 Å². The molecule has 4 atom stereocenters. The number of halogens is 7. The first-order valence-corrected chi connectivity index (χ1v) is 22.8. The molecule has 350 valence electrons. The first-order valence-electron chi connectivity index (χ1n) is 20.6. The van der Waals surface area contributed by atoms with Crippen LogP contribution in [-0.4, -0.2) is 80.1 Å². The third kappa shape index (κ3) is 9.01. The minimum Gasteiger partial charge on any atom is -0.444 e. The predicted molar refractivity (Wildman–Crippen MR) is 229 cm³/mol. The molecule has 0 radical (unpaired) electrons. The highest BCUT2D eigenvalue weighted by atomic mass is 35.5. The van der Waals surface area contributed by atoms with Crippen LogP contribution in [-0.2, 0) is 50.2 Å². The fraction of sp³-hybridized carbons (Fsp3) is 0.432. The fourth-order valence-corrected chi connectivity index (χ4v) is 9.47. The second-order valence-corrected chi connectivity index (χ2v) is 20.1. The fourth-order valence-electron chi connectivity index (χ4n) is 8.74. The SMILES string of the molecule is Cn1nc(NS(C)(=O)=O)c2c(Cl)ccc(-c3ccc(C#C[C@@H]4COC(C)(C)N4C(=O)OC(C)(C)C)nc3[C@H](Cc3cc(F)cc(F)c3)NC(=O)Cn3nc(C(F)F)c4c3C(F)(F)[C@@H]3C[C@H]43)c21. The molecule has 0 spiro atoms. The van der Waals surface area contributed by atoms with Crippen LogP contribution in [0.25, 0.3) is 22.0 Å². The summed E-state index contributed by atoms with van der Waals surface area (Å²) < 4.78 is 130. The first-order chi connectivity index (χ1) is 30.7. The Morgan fingerprint density at radius 3 is 2.38 bits per heavy atom. The number of rotatable bonds is 10. The predicted octanol–water partition coefficient (Wildman–Crippen LogP) is 8.11. The minimum absolute atomic E-state index is 0.000183. The molecule has 4 heterocycles. The van der Waals surface area contributed by atoms with Gasteiger partial charge in [-0.25, -0.2) is 35.8 Å². The molecule has 0 unspecified atom stereocenters. The monoisotopic (exact) mass is 960 g/mol. The number of aryl methyl sites for hydroxylation is 1. The van der Waals surface area contributed by atoms with Crippen molar-refractivity contribution in [2.24, 2.45) is 13.0 Å². The second kappa shape index (κ2) is 16.5. The number of hydrogen-bond donors (Lipinski definition) is 2. The number of aromatic nitrogens is 5. The number of carbonyl (C=O) groups is 2. The maximum atomic E-state index is 15.6. The van der Waals surface area contributed by atoms with Gasteiger partial charge in [-0.05, 0) is 95.2 Å². The lowest BCUT2D eigenvalue weighted by Gasteiger charge is -2.33. The van der Waals surface area contributed by atoms with Crippen LogP contribution in [0.5, 0.6) is 0 Å². The summed E-state index contributed by atoms with van der Waals surface area (Å²) >= 11 is 6.65. The van der Waals surface area contributed by atoms with Gasteiger partial charge >= 0.3 is 6.09 Å². The molecule has 2 fully saturated rings. The van der Waals surface area contributed by atoms with Crippen LogP contribution in [0.3, 0.4) is 0 Å². The Bertz CT molecular complexity index is 2980. The van der Waals surface area contributed by atoms with Gasteiger partial charge < -0.3 is 14.8 Å². The van der Waals surface area contributed by atoms with Gasteiger partial charge in [0, 0.05) is 35.7 Å². The number of nitrogens with one attached hydrogen (secondary N) is 2. The van der Waals surface area contributed by atoms with Crippen molar-refractivity contribution in [3.63, 3.8) is 0 Å². The van der Waals surface area contributed by atoms with Crippen LogP contribution in [0.4, 0.5) is 37.0 Å². The molecule has 22 heteroatoms. The smallest absolute Gasteiger partial charge is 0.413 e. The Morgan fingerprint density at radius 2 is 1.73 bits per heavy atom. The van der Waals surface area contributed by atoms with Gasteiger partial charge in [-0.3, -0.25) is 23.8 Å². The number of hydrogen-bond acceptors (Lipinski definition) is 9. The summed E-state index contributed by atoms with van der Waals surface area (Å²) in [7, 11) is -2.35. The Morgan fingerprint density at radius 1 is 1.05 bits per heavy atom. The number of carbonyl (C=O) groups excluding carboxylic acids is 2. The highest BCUT2D eigenvalue weighted by molar-refractivity contribution is 7.92. The Hall–Kier alpha value is -5.85. The average Bonchev–Trinajstić information content (AvgIpc) is 3.57. The highest BCUT2D eigenvalue weighted by Crippen LogP contribution is 2.68. The number of alkyl halides is 4. The van der Waals surface area contributed by atoms with Crippen LogP contribution in [0.1, 0.15) is 93.3 Å². The largest absolute Gasteiger partial charge is 0.444 e. The van der Waals surface area contributed by atoms with E-state index in [1.165, 1.54) is 28.8 Å². The minimum atomic E-state index is -3.87. The van der Waals surface area contributed by atoms with Crippen molar-refractivity contribution >= 4 is 50.3 Å². The molecule has 1 aliphatic heterocycles. The molecule has 0 bridgehead atoms. The Labute approximate surface area is 380 Å². The number of amides is 2. The standard InChI is InChI=1S/C44H43ClF6N8O6S/c1-42(2,3)65-41(61)59-25(20-64-43(59,4)5)10-8-24-9-11-26(27-12-13-30(45)34-37(27)57(6)55-40(34)56-66(7,62)63)35(52-24)31(16-21-14-22(46)17-23(47)15-21)53-32(60)19-58-38-33(36(54-58)39(48)49)28-18-29(28)44(38,50)51/h9,11-15,17,25,28-29,31,39H,16,18-20H2,1-7H3,(H,53,60)(H,55,56)/t25-,28+,29-,31+/m1/s1. The van der Waals surface area contributed by atoms with Crippen LogP contribution in [0, 0.1) is 29.4 Å². The summed E-state index contributed by atoms with van der Waals surface area (Å²) in [5.41, 5.74) is -2.92. The van der Waals surface area contributed by atoms with Crippen molar-refractivity contribution in [3.05, 3.63) is 93.0 Å². The Balaban J connectivity index is 1.27. The lowest BCUT2D eigenvalue weighted by atomic mass is 9.93. The van der Waals surface area contributed by atoms with E-state index >= 15 is 8.78 Å². The Kier molecular flexibility index (Phi) is 11.7. The first kappa shape index (κ1) is 46.7. The van der Waals surface area contributed by atoms with Crippen LogP contribution < -0.4 is 10.0 Å². The number of fused-ring (bicyclic) bond motifs is 4. The van der Waals surface area contributed by atoms with Crippen molar-refractivity contribution in [1.82, 2.24) is 34.8 Å². The molecular weight excluding hydrogens is 918 g/mol. The van der Waals surface area contributed by atoms with Crippen LogP contribution in [0.15, 0.2) is 42.5 Å². The van der Waals surface area contributed by atoms with Crippen molar-refractivity contribution in [3.8, 4) is 23.0 Å². The lowest BCUT2D eigenvalue weighted by molar-refractivity contribution is -0.123. The molecule has 66 heavy (non-hydrogen) atoms. The third-order valence-corrected chi connectivity index (χ3v) is 12.2. The van der Waals surface area contributed by atoms with E-state index in [9.17, 15) is 35.6 Å². The molecule has 3 aliphatic rings. The highest BCUT2D eigenvalue weighted by Gasteiger charge is 2.67. The third-order valence-electron chi connectivity index (χ3n) is 11.4. The summed E-state index contributed by atoms with van der Waals surface area (Å²) in [5.74, 6) is -2.59. The molecule has 3 aromatic heterocycles. The van der Waals surface area contributed by atoms with E-state index in [0.717, 1.165) is 18.4 Å². The number of benzene rings is 2. The van der Waals surface area contributed by atoms with E-state index < -0.39 is 99.2 Å². The molecule has 1 saturated heterocycles. The molecule has 2 aromatic carbocycles. The zero-order chi connectivity index (χ0) is 48.0. The molecule has 2 amide bonds. The number of ether oxygens (including phenoxy) is 2. The molecular formula is C44H43ClF6N8O6S. The van der Waals surface area contributed by atoms with Gasteiger partial charge in [0.15, 0.2) is 5.82 Å². The van der Waals surface area contributed by atoms with E-state index in [4.69, 9.17) is 26.1 Å². The molecule has 14 nitrogen and oxygen atoms in total. The van der Waals surface area contributed by atoms with E-state index in [0.29, 0.717) is 16.3 Å². The maximum absolute atomic E-state index is 15.6. The average molecular weight is 961 g/mol. The summed E-state index contributed by atoms with van der Waals surface area (Å²) in [6.45, 7) is 7.51. The zero-order valence-corrected chi connectivity index (χ0v) is 38.0. The summed E-state index contributed by atoms with van der Waals surface area (Å²) in [4.78, 5) is 33.8. The van der Waals surface area contributed by atoms with Crippen LogP contribution >= 0.6 is 11.6 Å². The van der Waals surface area contributed by atoms with E-state index in [1.54, 1.807) is 46.8 Å². The number of sulfonamides is 1. The quantitative estimate of drug-likeness (QED) is 0.104.